The van der Waals surface area contributed by atoms with E-state index in [0.717, 1.165) is 23.4 Å². The number of H-pyrrole nitrogens is 1. The minimum Gasteiger partial charge on any atom is -0.347 e. The van der Waals surface area contributed by atoms with Crippen LogP contribution in [0.25, 0.3) is 0 Å². The lowest BCUT2D eigenvalue weighted by Crippen LogP contribution is -2.23. The number of hydrogen-bond donors (Lipinski definition) is 3. The van der Waals surface area contributed by atoms with Gasteiger partial charge in [-0.25, -0.2) is 0 Å². The van der Waals surface area contributed by atoms with Crippen LogP contribution in [-0.4, -0.2) is 22.0 Å². The van der Waals surface area contributed by atoms with Crippen LogP contribution in [0.4, 0.5) is 5.69 Å². The predicted octanol–water partition coefficient (Wildman–Crippen LogP) is 2.96. The third-order valence-electron chi connectivity index (χ3n) is 4.02. The second-order valence-corrected chi connectivity index (χ2v) is 6.16. The zero-order valence-corrected chi connectivity index (χ0v) is 13.8. The minimum atomic E-state index is -0.182. The van der Waals surface area contributed by atoms with Gasteiger partial charge in [-0.2, -0.15) is 5.10 Å². The maximum Gasteiger partial charge on any atom is 0.272 e. The summed E-state index contributed by atoms with van der Waals surface area (Å²) in [7, 11) is 0. The molecular weight excluding hydrogens is 304 g/mol. The van der Waals surface area contributed by atoms with Crippen molar-refractivity contribution in [1.29, 1.82) is 0 Å². The Morgan fingerprint density at radius 1 is 1.25 bits per heavy atom. The van der Waals surface area contributed by atoms with Gasteiger partial charge in [-0.15, -0.1) is 0 Å². The molecule has 3 N–H and O–H groups in total. The Morgan fingerprint density at radius 3 is 2.67 bits per heavy atom. The van der Waals surface area contributed by atoms with Crippen molar-refractivity contribution in [3.05, 3.63) is 47.3 Å². The highest BCUT2D eigenvalue weighted by Crippen LogP contribution is 2.38. The molecule has 6 heteroatoms. The van der Waals surface area contributed by atoms with E-state index >= 15 is 0 Å². The molecule has 0 atom stereocenters. The van der Waals surface area contributed by atoms with Gasteiger partial charge < -0.3 is 10.6 Å². The Hall–Kier alpha value is -2.63. The van der Waals surface area contributed by atoms with Crippen LogP contribution in [0.15, 0.2) is 30.3 Å². The standard InChI is InChI=1S/C18H22N4O2/c1-2-3-17(23)20-14-8-4-12(5-9-14)11-19-18(24)16-10-15(21-22-16)13-6-7-13/h4-5,8-10,13H,2-3,6-7,11H2,1H3,(H,19,24)(H,20,23)(H,21,22). The van der Waals surface area contributed by atoms with Gasteiger partial charge in [0.2, 0.25) is 5.91 Å². The molecule has 0 saturated heterocycles. The first-order valence-electron chi connectivity index (χ1n) is 8.38. The molecule has 1 saturated carbocycles. The first-order valence-corrected chi connectivity index (χ1v) is 8.38. The van der Waals surface area contributed by atoms with Gasteiger partial charge in [0.15, 0.2) is 0 Å². The number of hydrogen-bond acceptors (Lipinski definition) is 3. The summed E-state index contributed by atoms with van der Waals surface area (Å²) < 4.78 is 0. The van der Waals surface area contributed by atoms with Gasteiger partial charge in [0.25, 0.3) is 5.91 Å². The molecule has 0 unspecified atom stereocenters. The van der Waals surface area contributed by atoms with E-state index in [1.807, 2.05) is 37.3 Å². The number of carbonyl (C=O) groups is 2. The lowest BCUT2D eigenvalue weighted by Gasteiger charge is -2.07. The van der Waals surface area contributed by atoms with Crippen molar-refractivity contribution in [2.45, 2.75) is 45.1 Å². The van der Waals surface area contributed by atoms with Gasteiger partial charge in [-0.3, -0.25) is 14.7 Å². The van der Waals surface area contributed by atoms with Crippen LogP contribution < -0.4 is 10.6 Å². The molecule has 1 fully saturated rings. The lowest BCUT2D eigenvalue weighted by molar-refractivity contribution is -0.116. The van der Waals surface area contributed by atoms with E-state index in [9.17, 15) is 9.59 Å². The SMILES string of the molecule is CCCC(=O)Nc1ccc(CNC(=O)c2cc(C3CC3)[nH]n2)cc1. The molecule has 1 heterocycles. The Labute approximate surface area is 141 Å². The second kappa shape index (κ2) is 7.29. The molecule has 2 aromatic rings. The van der Waals surface area contributed by atoms with Crippen molar-refractivity contribution in [2.75, 3.05) is 5.32 Å². The van der Waals surface area contributed by atoms with Crippen LogP contribution in [0.2, 0.25) is 0 Å². The van der Waals surface area contributed by atoms with E-state index < -0.39 is 0 Å². The van der Waals surface area contributed by atoms with Crippen LogP contribution in [-0.2, 0) is 11.3 Å². The molecule has 1 aromatic carbocycles. The third kappa shape index (κ3) is 4.22. The number of aromatic nitrogens is 2. The average molecular weight is 326 g/mol. The van der Waals surface area contributed by atoms with Gasteiger partial charge in [0.1, 0.15) is 5.69 Å². The van der Waals surface area contributed by atoms with Gasteiger partial charge in [0, 0.05) is 30.3 Å². The molecule has 0 aliphatic heterocycles. The number of nitrogens with one attached hydrogen (secondary N) is 3. The van der Waals surface area contributed by atoms with Crippen molar-refractivity contribution < 1.29 is 9.59 Å². The number of anilines is 1. The van der Waals surface area contributed by atoms with E-state index in [-0.39, 0.29) is 11.8 Å². The van der Waals surface area contributed by atoms with E-state index in [0.29, 0.717) is 24.6 Å². The van der Waals surface area contributed by atoms with Crippen molar-refractivity contribution in [1.82, 2.24) is 15.5 Å². The van der Waals surface area contributed by atoms with Gasteiger partial charge in [-0.05, 0) is 43.0 Å². The van der Waals surface area contributed by atoms with Crippen molar-refractivity contribution in [2.24, 2.45) is 0 Å². The quantitative estimate of drug-likeness (QED) is 0.731. The summed E-state index contributed by atoms with van der Waals surface area (Å²) in [5.41, 5.74) is 3.22. The minimum absolute atomic E-state index is 0.0172. The first kappa shape index (κ1) is 16.2. The normalized spacial score (nSPS) is 13.5. The molecule has 0 spiro atoms. The highest BCUT2D eigenvalue weighted by atomic mass is 16.2. The average Bonchev–Trinajstić information content (AvgIpc) is 3.31. The van der Waals surface area contributed by atoms with Crippen LogP contribution in [0.1, 0.15) is 60.3 Å². The number of rotatable bonds is 7. The largest absolute Gasteiger partial charge is 0.347 e. The molecule has 24 heavy (non-hydrogen) atoms. The molecular formula is C18H22N4O2. The fraction of sp³-hybridized carbons (Fsp3) is 0.389. The summed E-state index contributed by atoms with van der Waals surface area (Å²) >= 11 is 0. The topological polar surface area (TPSA) is 86.9 Å². The van der Waals surface area contributed by atoms with Crippen molar-refractivity contribution in [3.8, 4) is 0 Å². The fourth-order valence-corrected chi connectivity index (χ4v) is 2.49. The van der Waals surface area contributed by atoms with Crippen molar-refractivity contribution in [3.63, 3.8) is 0 Å². The van der Waals surface area contributed by atoms with Crippen LogP contribution in [0.3, 0.4) is 0 Å². The summed E-state index contributed by atoms with van der Waals surface area (Å²) in [6.45, 7) is 2.39. The molecule has 1 aromatic heterocycles. The second-order valence-electron chi connectivity index (χ2n) is 6.16. The van der Waals surface area contributed by atoms with Crippen LogP contribution in [0, 0.1) is 0 Å². The summed E-state index contributed by atoms with van der Waals surface area (Å²) in [6, 6.07) is 9.30. The van der Waals surface area contributed by atoms with Gasteiger partial charge >= 0.3 is 0 Å². The summed E-state index contributed by atoms with van der Waals surface area (Å²) in [6.07, 6.45) is 3.69. The predicted molar refractivity (Wildman–Crippen MR) is 91.7 cm³/mol. The zero-order chi connectivity index (χ0) is 16.9. The molecule has 1 aliphatic rings. The Bertz CT molecular complexity index is 717. The molecule has 0 radical (unpaired) electrons. The van der Waals surface area contributed by atoms with E-state index in [2.05, 4.69) is 20.8 Å². The fourth-order valence-electron chi connectivity index (χ4n) is 2.49. The van der Waals surface area contributed by atoms with Crippen LogP contribution in [0.5, 0.6) is 0 Å². The molecule has 126 valence electrons. The summed E-state index contributed by atoms with van der Waals surface area (Å²) in [5.74, 6) is 0.386. The number of benzene rings is 1. The van der Waals surface area contributed by atoms with E-state index in [1.54, 1.807) is 0 Å². The lowest BCUT2D eigenvalue weighted by atomic mass is 10.2. The Balaban J connectivity index is 1.50. The monoisotopic (exact) mass is 326 g/mol. The molecule has 6 nitrogen and oxygen atoms in total. The number of carbonyl (C=O) groups excluding carboxylic acids is 2. The number of nitrogens with zero attached hydrogens (tertiary/aromatic N) is 1. The zero-order valence-electron chi connectivity index (χ0n) is 13.8. The van der Waals surface area contributed by atoms with Gasteiger partial charge in [-0.1, -0.05) is 19.1 Å². The smallest absolute Gasteiger partial charge is 0.272 e. The Kier molecular flexibility index (Phi) is 4.93. The molecule has 1 aliphatic carbocycles. The highest BCUT2D eigenvalue weighted by molar-refractivity contribution is 5.92. The van der Waals surface area contributed by atoms with Gasteiger partial charge in [0.05, 0.1) is 0 Å². The highest BCUT2D eigenvalue weighted by Gasteiger charge is 2.26. The first-order chi connectivity index (χ1) is 11.7. The summed E-state index contributed by atoms with van der Waals surface area (Å²) in [5, 5.41) is 12.7. The van der Waals surface area contributed by atoms with Crippen molar-refractivity contribution >= 4 is 17.5 Å². The maximum atomic E-state index is 12.1. The Morgan fingerprint density at radius 2 is 2.00 bits per heavy atom. The molecule has 2 amide bonds. The maximum absolute atomic E-state index is 12.1. The number of amides is 2. The van der Waals surface area contributed by atoms with E-state index in [4.69, 9.17) is 0 Å². The number of aromatic amines is 1. The van der Waals surface area contributed by atoms with E-state index in [1.165, 1.54) is 12.8 Å². The third-order valence-corrected chi connectivity index (χ3v) is 4.02. The van der Waals surface area contributed by atoms with Crippen LogP contribution >= 0.6 is 0 Å². The molecule has 3 rings (SSSR count). The summed E-state index contributed by atoms with van der Waals surface area (Å²) in [4.78, 5) is 23.7. The molecule has 0 bridgehead atoms.